The minimum Gasteiger partial charge on any atom is -0.346 e. The average Bonchev–Trinajstić information content (AvgIpc) is 3.27. The smallest absolute Gasteiger partial charge is 0.309 e. The molecule has 0 spiro atoms. The van der Waals surface area contributed by atoms with E-state index >= 15 is 0 Å². The summed E-state index contributed by atoms with van der Waals surface area (Å²) in [6.45, 7) is -0.271. The van der Waals surface area contributed by atoms with Crippen LogP contribution in [0, 0.1) is 5.82 Å². The van der Waals surface area contributed by atoms with E-state index in [2.05, 4.69) is 10.6 Å². The molecule has 0 bridgehead atoms. The first-order valence-corrected chi connectivity index (χ1v) is 11.9. The molecule has 6 nitrogen and oxygen atoms in total. The highest BCUT2D eigenvalue weighted by Crippen LogP contribution is 2.31. The minimum absolute atomic E-state index is 0.0498. The van der Waals surface area contributed by atoms with Crippen LogP contribution >= 0.6 is 22.9 Å². The van der Waals surface area contributed by atoms with Gasteiger partial charge in [0.15, 0.2) is 9.84 Å². The number of sulfone groups is 1. The third-order valence-corrected chi connectivity index (χ3v) is 8.03. The van der Waals surface area contributed by atoms with Crippen LogP contribution in [-0.4, -0.2) is 26.8 Å². The molecular formula is C21H18ClFN2O4S2. The topological polar surface area (TPSA) is 92.3 Å². The van der Waals surface area contributed by atoms with Gasteiger partial charge in [0.05, 0.1) is 4.90 Å². The lowest BCUT2D eigenvalue weighted by atomic mass is 10.2. The number of thiophene rings is 1. The molecule has 2 amide bonds. The molecule has 1 atom stereocenters. The SMILES string of the molecule is O=C(NCc1ccccc1Cl)C(=O)NC[C@H](c1cccs1)S(=O)(=O)c1ccc(F)cc1. The molecule has 3 aromatic rings. The van der Waals surface area contributed by atoms with E-state index in [9.17, 15) is 22.4 Å². The zero-order chi connectivity index (χ0) is 22.4. The van der Waals surface area contributed by atoms with Crippen LogP contribution in [0.15, 0.2) is 70.9 Å². The highest BCUT2D eigenvalue weighted by molar-refractivity contribution is 7.91. The van der Waals surface area contributed by atoms with Gasteiger partial charge in [-0.25, -0.2) is 12.8 Å². The number of carbonyl (C=O) groups is 2. The van der Waals surface area contributed by atoms with Gasteiger partial charge in [0, 0.05) is 23.0 Å². The number of hydrogen-bond acceptors (Lipinski definition) is 5. The summed E-state index contributed by atoms with van der Waals surface area (Å²) in [5, 5.41) is 5.86. The summed E-state index contributed by atoms with van der Waals surface area (Å²) in [4.78, 5) is 24.8. The van der Waals surface area contributed by atoms with Crippen molar-refractivity contribution in [2.45, 2.75) is 16.7 Å². The van der Waals surface area contributed by atoms with Crippen molar-refractivity contribution in [1.29, 1.82) is 0 Å². The summed E-state index contributed by atoms with van der Waals surface area (Å²) in [6.07, 6.45) is 0. The third kappa shape index (κ3) is 5.69. The Labute approximate surface area is 188 Å². The zero-order valence-corrected chi connectivity index (χ0v) is 18.4. The van der Waals surface area contributed by atoms with Gasteiger partial charge in [0.2, 0.25) is 0 Å². The second-order valence-electron chi connectivity index (χ2n) is 6.49. The maximum absolute atomic E-state index is 13.2. The van der Waals surface area contributed by atoms with Crippen LogP contribution in [0.5, 0.6) is 0 Å². The Kier molecular flexibility index (Phi) is 7.42. The summed E-state index contributed by atoms with van der Waals surface area (Å²) in [7, 11) is -3.94. The van der Waals surface area contributed by atoms with Crippen LogP contribution in [0.4, 0.5) is 4.39 Å². The second kappa shape index (κ2) is 10.0. The van der Waals surface area contributed by atoms with Crippen molar-refractivity contribution in [3.05, 3.63) is 87.3 Å². The van der Waals surface area contributed by atoms with Crippen LogP contribution in [-0.2, 0) is 26.0 Å². The standard InChI is InChI=1S/C21H18ClFN2O4S2/c22-17-5-2-1-4-14(17)12-24-20(26)21(27)25-13-19(18-6-3-11-30-18)31(28,29)16-9-7-15(23)8-10-16/h1-11,19H,12-13H2,(H,24,26)(H,25,27)/t19-/m1/s1. The maximum Gasteiger partial charge on any atom is 0.309 e. The summed E-state index contributed by atoms with van der Waals surface area (Å²) in [5.74, 6) is -2.44. The Hall–Kier alpha value is -2.75. The molecule has 1 aromatic heterocycles. The molecule has 0 saturated carbocycles. The largest absolute Gasteiger partial charge is 0.346 e. The van der Waals surface area contributed by atoms with E-state index in [0.29, 0.717) is 15.5 Å². The molecule has 0 unspecified atom stereocenters. The van der Waals surface area contributed by atoms with Gasteiger partial charge in [0.1, 0.15) is 11.1 Å². The van der Waals surface area contributed by atoms with Crippen molar-refractivity contribution in [1.82, 2.24) is 10.6 Å². The van der Waals surface area contributed by atoms with E-state index in [4.69, 9.17) is 11.6 Å². The van der Waals surface area contributed by atoms with E-state index in [0.717, 1.165) is 12.1 Å². The normalized spacial score (nSPS) is 12.2. The molecule has 10 heteroatoms. The van der Waals surface area contributed by atoms with Crippen molar-refractivity contribution < 1.29 is 22.4 Å². The Bertz CT molecular complexity index is 1170. The van der Waals surface area contributed by atoms with Crippen LogP contribution in [0.3, 0.4) is 0 Å². The molecule has 0 aliphatic carbocycles. The molecule has 31 heavy (non-hydrogen) atoms. The summed E-state index contributed by atoms with van der Waals surface area (Å²) >= 11 is 7.23. The molecule has 3 rings (SSSR count). The van der Waals surface area contributed by atoms with Crippen LogP contribution in [0.1, 0.15) is 15.7 Å². The zero-order valence-electron chi connectivity index (χ0n) is 16.0. The Morgan fingerprint density at radius 1 is 0.968 bits per heavy atom. The maximum atomic E-state index is 13.2. The first-order valence-electron chi connectivity index (χ1n) is 9.11. The van der Waals surface area contributed by atoms with Gasteiger partial charge < -0.3 is 10.6 Å². The van der Waals surface area contributed by atoms with Crippen molar-refractivity contribution in [3.8, 4) is 0 Å². The van der Waals surface area contributed by atoms with Crippen LogP contribution < -0.4 is 10.6 Å². The predicted octanol–water partition coefficient (Wildman–Crippen LogP) is 3.49. The number of rotatable bonds is 7. The van der Waals surface area contributed by atoms with E-state index in [1.165, 1.54) is 23.5 Å². The van der Waals surface area contributed by atoms with Gasteiger partial charge in [-0.1, -0.05) is 35.9 Å². The Morgan fingerprint density at radius 2 is 1.65 bits per heavy atom. The van der Waals surface area contributed by atoms with Gasteiger partial charge in [-0.2, -0.15) is 0 Å². The third-order valence-electron chi connectivity index (χ3n) is 4.43. The molecule has 0 saturated heterocycles. The lowest BCUT2D eigenvalue weighted by molar-refractivity contribution is -0.139. The number of benzene rings is 2. The number of nitrogens with one attached hydrogen (secondary N) is 2. The van der Waals surface area contributed by atoms with Gasteiger partial charge >= 0.3 is 11.8 Å². The molecule has 1 heterocycles. The van der Waals surface area contributed by atoms with Crippen molar-refractivity contribution >= 4 is 44.6 Å². The van der Waals surface area contributed by atoms with Crippen molar-refractivity contribution in [3.63, 3.8) is 0 Å². The van der Waals surface area contributed by atoms with E-state index in [-0.39, 0.29) is 18.0 Å². The fourth-order valence-corrected chi connectivity index (χ4v) is 5.78. The van der Waals surface area contributed by atoms with Gasteiger partial charge in [-0.05, 0) is 47.3 Å². The number of halogens is 2. The molecule has 2 aromatic carbocycles. The highest BCUT2D eigenvalue weighted by Gasteiger charge is 2.31. The monoisotopic (exact) mass is 480 g/mol. The van der Waals surface area contributed by atoms with Crippen LogP contribution in [0.2, 0.25) is 5.02 Å². The molecule has 0 radical (unpaired) electrons. The van der Waals surface area contributed by atoms with Gasteiger partial charge in [0.25, 0.3) is 0 Å². The molecule has 0 fully saturated rings. The highest BCUT2D eigenvalue weighted by atomic mass is 35.5. The molecule has 162 valence electrons. The van der Waals surface area contributed by atoms with E-state index in [1.807, 2.05) is 0 Å². The lowest BCUT2D eigenvalue weighted by Gasteiger charge is -2.17. The van der Waals surface area contributed by atoms with Crippen LogP contribution in [0.25, 0.3) is 0 Å². The Balaban J connectivity index is 1.69. The fourth-order valence-electron chi connectivity index (χ4n) is 2.79. The molecule has 0 aliphatic rings. The first-order chi connectivity index (χ1) is 14.8. The summed E-state index contributed by atoms with van der Waals surface area (Å²) in [6, 6.07) is 14.6. The van der Waals surface area contributed by atoms with E-state index < -0.39 is 32.7 Å². The molecular weight excluding hydrogens is 463 g/mol. The van der Waals surface area contributed by atoms with Gasteiger partial charge in [-0.15, -0.1) is 11.3 Å². The van der Waals surface area contributed by atoms with Gasteiger partial charge in [-0.3, -0.25) is 9.59 Å². The number of carbonyl (C=O) groups excluding carboxylic acids is 2. The number of hydrogen-bond donors (Lipinski definition) is 2. The summed E-state index contributed by atoms with van der Waals surface area (Å²) < 4.78 is 39.4. The Morgan fingerprint density at radius 3 is 2.29 bits per heavy atom. The molecule has 2 N–H and O–H groups in total. The predicted molar refractivity (Wildman–Crippen MR) is 117 cm³/mol. The average molecular weight is 481 g/mol. The first kappa shape index (κ1) is 22.9. The molecule has 0 aliphatic heterocycles. The van der Waals surface area contributed by atoms with Crippen molar-refractivity contribution in [2.75, 3.05) is 6.54 Å². The van der Waals surface area contributed by atoms with E-state index in [1.54, 1.807) is 41.8 Å². The summed E-state index contributed by atoms with van der Waals surface area (Å²) in [5.41, 5.74) is 0.640. The fraction of sp³-hybridized carbons (Fsp3) is 0.143. The second-order valence-corrected chi connectivity index (χ2v) is 10.0. The minimum atomic E-state index is -3.94. The van der Waals surface area contributed by atoms with Crippen molar-refractivity contribution in [2.24, 2.45) is 0 Å². The lowest BCUT2D eigenvalue weighted by Crippen LogP contribution is -2.42. The quantitative estimate of drug-likeness (QED) is 0.400. The number of amides is 2.